The van der Waals surface area contributed by atoms with Crippen LogP contribution in [0.4, 0.5) is 0 Å². The lowest BCUT2D eigenvalue weighted by molar-refractivity contribution is 0.409. The zero-order valence-corrected chi connectivity index (χ0v) is 12.2. The van der Waals surface area contributed by atoms with E-state index >= 15 is 0 Å². The highest BCUT2D eigenvalue weighted by molar-refractivity contribution is 5.52. The normalized spacial score (nSPS) is 11.0. The standard InChI is InChI=1S/C18H18O3/c1-19-17-7-3-5-15(13-17)9-11-21-12-10-16-6-4-8-18(14-16)20-2/h3-14H,1-2H3/b11-9+,12-10+. The van der Waals surface area contributed by atoms with Crippen LogP contribution in [-0.4, -0.2) is 14.2 Å². The van der Waals surface area contributed by atoms with Gasteiger partial charge in [-0.05, 0) is 47.5 Å². The zero-order chi connectivity index (χ0) is 14.9. The summed E-state index contributed by atoms with van der Waals surface area (Å²) in [6.45, 7) is 0. The van der Waals surface area contributed by atoms with Crippen LogP contribution in [-0.2, 0) is 4.74 Å². The minimum atomic E-state index is 0.823. The van der Waals surface area contributed by atoms with Crippen LogP contribution in [0.1, 0.15) is 11.1 Å². The molecule has 0 saturated heterocycles. The van der Waals surface area contributed by atoms with E-state index in [2.05, 4.69) is 0 Å². The molecule has 0 aliphatic heterocycles. The van der Waals surface area contributed by atoms with Gasteiger partial charge in [0.2, 0.25) is 0 Å². The minimum Gasteiger partial charge on any atom is -0.497 e. The zero-order valence-electron chi connectivity index (χ0n) is 12.2. The molecule has 0 bridgehead atoms. The Kier molecular flexibility index (Phi) is 5.47. The number of methoxy groups -OCH3 is 2. The van der Waals surface area contributed by atoms with Crippen molar-refractivity contribution < 1.29 is 14.2 Å². The van der Waals surface area contributed by atoms with Crippen molar-refractivity contribution in [3.05, 3.63) is 72.2 Å². The van der Waals surface area contributed by atoms with Crippen LogP contribution in [0.25, 0.3) is 12.2 Å². The molecule has 0 aliphatic rings. The predicted octanol–water partition coefficient (Wildman–Crippen LogP) is 4.36. The highest BCUT2D eigenvalue weighted by atomic mass is 16.5. The Morgan fingerprint density at radius 1 is 0.714 bits per heavy atom. The largest absolute Gasteiger partial charge is 0.497 e. The summed E-state index contributed by atoms with van der Waals surface area (Å²) < 4.78 is 15.7. The quantitative estimate of drug-likeness (QED) is 0.737. The van der Waals surface area contributed by atoms with E-state index in [1.165, 1.54) is 0 Å². The van der Waals surface area contributed by atoms with Gasteiger partial charge in [0.1, 0.15) is 11.5 Å². The lowest BCUT2D eigenvalue weighted by atomic mass is 10.2. The second kappa shape index (κ2) is 7.80. The summed E-state index contributed by atoms with van der Waals surface area (Å²) in [6.07, 6.45) is 7.01. The van der Waals surface area contributed by atoms with Crippen LogP contribution in [0.2, 0.25) is 0 Å². The van der Waals surface area contributed by atoms with Crippen molar-refractivity contribution in [3.8, 4) is 11.5 Å². The van der Waals surface area contributed by atoms with Gasteiger partial charge in [-0.15, -0.1) is 0 Å². The van der Waals surface area contributed by atoms with E-state index < -0.39 is 0 Å². The molecule has 0 aromatic heterocycles. The number of ether oxygens (including phenoxy) is 3. The first-order chi connectivity index (χ1) is 10.3. The van der Waals surface area contributed by atoms with Gasteiger partial charge in [0.25, 0.3) is 0 Å². The smallest absolute Gasteiger partial charge is 0.119 e. The maximum Gasteiger partial charge on any atom is 0.119 e. The molecule has 0 radical (unpaired) electrons. The van der Waals surface area contributed by atoms with Gasteiger partial charge in [-0.1, -0.05) is 24.3 Å². The molecule has 0 saturated carbocycles. The van der Waals surface area contributed by atoms with E-state index in [1.54, 1.807) is 26.7 Å². The first-order valence-corrected chi connectivity index (χ1v) is 6.58. The maximum atomic E-state index is 5.35. The molecule has 3 heteroatoms. The Hall–Kier alpha value is -2.68. The van der Waals surface area contributed by atoms with E-state index in [-0.39, 0.29) is 0 Å². The summed E-state index contributed by atoms with van der Waals surface area (Å²) in [6, 6.07) is 15.5. The first kappa shape index (κ1) is 14.7. The fourth-order valence-corrected chi connectivity index (χ4v) is 1.77. The Bertz CT molecular complexity index is 574. The van der Waals surface area contributed by atoms with E-state index in [1.807, 2.05) is 60.7 Å². The maximum absolute atomic E-state index is 5.35. The van der Waals surface area contributed by atoms with Crippen molar-refractivity contribution in [3.63, 3.8) is 0 Å². The predicted molar refractivity (Wildman–Crippen MR) is 85.1 cm³/mol. The van der Waals surface area contributed by atoms with Gasteiger partial charge in [-0.3, -0.25) is 0 Å². The molecule has 21 heavy (non-hydrogen) atoms. The van der Waals surface area contributed by atoms with Crippen LogP contribution in [0.5, 0.6) is 11.5 Å². The van der Waals surface area contributed by atoms with Crippen molar-refractivity contribution in [2.75, 3.05) is 14.2 Å². The Balaban J connectivity index is 1.90. The highest BCUT2D eigenvalue weighted by Gasteiger charge is 1.92. The topological polar surface area (TPSA) is 27.7 Å². The minimum absolute atomic E-state index is 0.823. The molecule has 0 heterocycles. The molecule has 2 rings (SSSR count). The molecule has 0 unspecified atom stereocenters. The summed E-state index contributed by atoms with van der Waals surface area (Å²) in [7, 11) is 3.30. The fraction of sp³-hybridized carbons (Fsp3) is 0.111. The average Bonchev–Trinajstić information content (AvgIpc) is 2.55. The van der Waals surface area contributed by atoms with Crippen molar-refractivity contribution in [2.24, 2.45) is 0 Å². The molecule has 0 spiro atoms. The van der Waals surface area contributed by atoms with Crippen LogP contribution >= 0.6 is 0 Å². The van der Waals surface area contributed by atoms with Crippen molar-refractivity contribution in [2.45, 2.75) is 0 Å². The van der Waals surface area contributed by atoms with Gasteiger partial charge in [-0.2, -0.15) is 0 Å². The molecule has 0 amide bonds. The number of rotatable bonds is 6. The van der Waals surface area contributed by atoms with Gasteiger partial charge >= 0.3 is 0 Å². The second-order valence-electron chi connectivity index (χ2n) is 4.29. The summed E-state index contributed by atoms with van der Waals surface area (Å²) in [5, 5.41) is 0. The van der Waals surface area contributed by atoms with E-state index in [9.17, 15) is 0 Å². The van der Waals surface area contributed by atoms with Crippen LogP contribution in [0.15, 0.2) is 61.1 Å². The Morgan fingerprint density at radius 2 is 1.19 bits per heavy atom. The summed E-state index contributed by atoms with van der Waals surface area (Å²) >= 11 is 0. The fourth-order valence-electron chi connectivity index (χ4n) is 1.77. The molecular formula is C18H18O3. The van der Waals surface area contributed by atoms with E-state index in [4.69, 9.17) is 14.2 Å². The average molecular weight is 282 g/mol. The lowest BCUT2D eigenvalue weighted by Crippen LogP contribution is -1.82. The van der Waals surface area contributed by atoms with Gasteiger partial charge < -0.3 is 14.2 Å². The Morgan fingerprint density at radius 3 is 1.62 bits per heavy atom. The second-order valence-corrected chi connectivity index (χ2v) is 4.29. The van der Waals surface area contributed by atoms with Crippen LogP contribution in [0, 0.1) is 0 Å². The summed E-state index contributed by atoms with van der Waals surface area (Å²) in [5.41, 5.74) is 2.04. The Labute approximate surface area is 125 Å². The molecule has 3 nitrogen and oxygen atoms in total. The van der Waals surface area contributed by atoms with E-state index in [0.717, 1.165) is 22.6 Å². The van der Waals surface area contributed by atoms with Gasteiger partial charge in [0, 0.05) is 0 Å². The van der Waals surface area contributed by atoms with Gasteiger partial charge in [0.05, 0.1) is 26.7 Å². The van der Waals surface area contributed by atoms with E-state index in [0.29, 0.717) is 0 Å². The third-order valence-corrected chi connectivity index (χ3v) is 2.87. The highest BCUT2D eigenvalue weighted by Crippen LogP contribution is 2.15. The lowest BCUT2D eigenvalue weighted by Gasteiger charge is -2.00. The van der Waals surface area contributed by atoms with Crippen LogP contribution < -0.4 is 9.47 Å². The van der Waals surface area contributed by atoms with Crippen LogP contribution in [0.3, 0.4) is 0 Å². The third kappa shape index (κ3) is 4.73. The molecule has 108 valence electrons. The van der Waals surface area contributed by atoms with Crippen molar-refractivity contribution in [1.82, 2.24) is 0 Å². The molecule has 0 aliphatic carbocycles. The monoisotopic (exact) mass is 282 g/mol. The molecule has 2 aromatic carbocycles. The molecule has 0 atom stereocenters. The summed E-state index contributed by atoms with van der Waals surface area (Å²) in [4.78, 5) is 0. The van der Waals surface area contributed by atoms with Gasteiger partial charge in [0.15, 0.2) is 0 Å². The molecule has 0 N–H and O–H groups in total. The van der Waals surface area contributed by atoms with Gasteiger partial charge in [-0.25, -0.2) is 0 Å². The first-order valence-electron chi connectivity index (χ1n) is 6.58. The number of hydrogen-bond donors (Lipinski definition) is 0. The SMILES string of the molecule is COc1cccc(/C=C/O/C=C/c2cccc(OC)c2)c1. The molecule has 2 aromatic rings. The third-order valence-electron chi connectivity index (χ3n) is 2.87. The number of hydrogen-bond acceptors (Lipinski definition) is 3. The molecule has 0 fully saturated rings. The summed E-state index contributed by atoms with van der Waals surface area (Å²) in [5.74, 6) is 1.65. The van der Waals surface area contributed by atoms with Crippen molar-refractivity contribution in [1.29, 1.82) is 0 Å². The molecular weight excluding hydrogens is 264 g/mol. The number of benzene rings is 2. The van der Waals surface area contributed by atoms with Crippen molar-refractivity contribution >= 4 is 12.2 Å².